The summed E-state index contributed by atoms with van der Waals surface area (Å²) in [6.07, 6.45) is 3.20. The summed E-state index contributed by atoms with van der Waals surface area (Å²) in [6, 6.07) is 7.74. The minimum Gasteiger partial charge on any atom is -0.381 e. The molecule has 2 aliphatic heterocycles. The molecule has 0 aliphatic carbocycles. The molecule has 2 fully saturated rings. The quantitative estimate of drug-likeness (QED) is 0.923. The van der Waals surface area contributed by atoms with E-state index >= 15 is 0 Å². The molecule has 1 aromatic rings. The second-order valence-corrected chi connectivity index (χ2v) is 6.99. The van der Waals surface area contributed by atoms with E-state index in [1.807, 2.05) is 17.8 Å². The van der Waals surface area contributed by atoms with Gasteiger partial charge in [0.15, 0.2) is 0 Å². The summed E-state index contributed by atoms with van der Waals surface area (Å²) in [7, 11) is 0. The van der Waals surface area contributed by atoms with Crippen LogP contribution in [-0.2, 0) is 10.2 Å². The van der Waals surface area contributed by atoms with Crippen LogP contribution in [0.1, 0.15) is 24.8 Å². The molecule has 4 heteroatoms. The third-order valence-electron chi connectivity index (χ3n) is 4.55. The van der Waals surface area contributed by atoms with Crippen LogP contribution in [0.15, 0.2) is 24.3 Å². The Morgan fingerprint density at radius 3 is 2.90 bits per heavy atom. The minimum absolute atomic E-state index is 0.0353. The maximum Gasteiger partial charge on any atom is 0.123 e. The van der Waals surface area contributed by atoms with Gasteiger partial charge in [-0.2, -0.15) is 11.8 Å². The highest BCUT2D eigenvalue weighted by molar-refractivity contribution is 7.99. The van der Waals surface area contributed by atoms with Crippen LogP contribution >= 0.6 is 11.8 Å². The highest BCUT2D eigenvalue weighted by atomic mass is 32.2. The summed E-state index contributed by atoms with van der Waals surface area (Å²) in [5.74, 6) is 2.33. The third-order valence-corrected chi connectivity index (χ3v) is 5.71. The van der Waals surface area contributed by atoms with Crippen LogP contribution in [-0.4, -0.2) is 37.3 Å². The van der Waals surface area contributed by atoms with Gasteiger partial charge in [-0.15, -0.1) is 0 Å². The summed E-state index contributed by atoms with van der Waals surface area (Å²) in [6.45, 7) is 2.49. The maximum absolute atomic E-state index is 13.6. The Labute approximate surface area is 124 Å². The summed E-state index contributed by atoms with van der Waals surface area (Å²) in [4.78, 5) is 0. The first kappa shape index (κ1) is 14.4. The fraction of sp³-hybridized carbons (Fsp3) is 0.625. The fourth-order valence-electron chi connectivity index (χ4n) is 3.18. The van der Waals surface area contributed by atoms with Gasteiger partial charge >= 0.3 is 0 Å². The standard InChI is InChI=1S/C16H22FNOS/c17-14-3-1-2-13(10-14)16(5-7-19-8-6-16)12-18-15-4-9-20-11-15/h1-3,10,15,18H,4-9,11-12H2/t15-/m0/s1. The number of hydrogen-bond acceptors (Lipinski definition) is 3. The van der Waals surface area contributed by atoms with Gasteiger partial charge in [0.25, 0.3) is 0 Å². The Morgan fingerprint density at radius 1 is 1.35 bits per heavy atom. The summed E-state index contributed by atoms with van der Waals surface area (Å²) in [5, 5.41) is 3.71. The second kappa shape index (κ2) is 6.46. The summed E-state index contributed by atoms with van der Waals surface area (Å²) >= 11 is 2.02. The molecule has 1 N–H and O–H groups in total. The van der Waals surface area contributed by atoms with Crippen LogP contribution in [0, 0.1) is 5.82 Å². The number of benzene rings is 1. The fourth-order valence-corrected chi connectivity index (χ4v) is 4.37. The third kappa shape index (κ3) is 3.18. The van der Waals surface area contributed by atoms with E-state index in [0.717, 1.165) is 38.2 Å². The van der Waals surface area contributed by atoms with Crippen LogP contribution in [0.4, 0.5) is 4.39 Å². The van der Waals surface area contributed by atoms with Crippen molar-refractivity contribution in [3.63, 3.8) is 0 Å². The number of nitrogens with one attached hydrogen (secondary N) is 1. The molecular formula is C16H22FNOS. The van der Waals surface area contributed by atoms with Gasteiger partial charge in [-0.3, -0.25) is 0 Å². The summed E-state index contributed by atoms with van der Waals surface area (Å²) in [5.41, 5.74) is 1.16. The monoisotopic (exact) mass is 295 g/mol. The number of hydrogen-bond donors (Lipinski definition) is 1. The lowest BCUT2D eigenvalue weighted by molar-refractivity contribution is 0.0490. The number of thioether (sulfide) groups is 1. The van der Waals surface area contributed by atoms with Crippen LogP contribution in [0.2, 0.25) is 0 Å². The molecule has 0 saturated carbocycles. The molecule has 110 valence electrons. The predicted octanol–water partition coefficient (Wildman–Crippen LogP) is 2.97. The topological polar surface area (TPSA) is 21.3 Å². The normalized spacial score (nSPS) is 25.8. The molecule has 1 atom stereocenters. The van der Waals surface area contributed by atoms with E-state index in [4.69, 9.17) is 4.74 Å². The van der Waals surface area contributed by atoms with Crippen molar-refractivity contribution in [2.45, 2.75) is 30.7 Å². The van der Waals surface area contributed by atoms with E-state index in [-0.39, 0.29) is 11.2 Å². The van der Waals surface area contributed by atoms with Gasteiger partial charge in [-0.25, -0.2) is 4.39 Å². The summed E-state index contributed by atoms with van der Waals surface area (Å²) < 4.78 is 19.1. The smallest absolute Gasteiger partial charge is 0.123 e. The van der Waals surface area contributed by atoms with E-state index in [1.165, 1.54) is 24.0 Å². The van der Waals surface area contributed by atoms with Gasteiger partial charge in [0, 0.05) is 37.0 Å². The van der Waals surface area contributed by atoms with Crippen LogP contribution < -0.4 is 5.32 Å². The molecule has 2 saturated heterocycles. The van der Waals surface area contributed by atoms with Crippen molar-refractivity contribution in [2.75, 3.05) is 31.3 Å². The molecule has 0 amide bonds. The Hall–Kier alpha value is -0.580. The molecule has 2 heterocycles. The van der Waals surface area contributed by atoms with Gasteiger partial charge in [-0.1, -0.05) is 12.1 Å². The number of ether oxygens (including phenoxy) is 1. The average molecular weight is 295 g/mol. The zero-order valence-electron chi connectivity index (χ0n) is 11.7. The lowest BCUT2D eigenvalue weighted by Crippen LogP contribution is -2.46. The van der Waals surface area contributed by atoms with E-state index in [2.05, 4.69) is 11.4 Å². The number of halogens is 1. The van der Waals surface area contributed by atoms with E-state index < -0.39 is 0 Å². The Balaban J connectivity index is 1.76. The van der Waals surface area contributed by atoms with Gasteiger partial charge < -0.3 is 10.1 Å². The molecule has 0 spiro atoms. The minimum atomic E-state index is -0.134. The van der Waals surface area contributed by atoms with Crippen molar-refractivity contribution in [2.24, 2.45) is 0 Å². The Bertz CT molecular complexity index is 442. The van der Waals surface area contributed by atoms with E-state index in [0.29, 0.717) is 6.04 Å². The van der Waals surface area contributed by atoms with Crippen LogP contribution in [0.5, 0.6) is 0 Å². The van der Waals surface area contributed by atoms with E-state index in [1.54, 1.807) is 6.07 Å². The molecule has 0 aromatic heterocycles. The lowest BCUT2D eigenvalue weighted by atomic mass is 9.74. The molecule has 1 aromatic carbocycles. The van der Waals surface area contributed by atoms with Crippen molar-refractivity contribution in [3.05, 3.63) is 35.6 Å². The van der Waals surface area contributed by atoms with Crippen molar-refractivity contribution in [1.82, 2.24) is 5.32 Å². The zero-order chi connectivity index (χ0) is 13.8. The molecule has 0 bridgehead atoms. The van der Waals surface area contributed by atoms with Crippen molar-refractivity contribution in [1.29, 1.82) is 0 Å². The highest BCUT2D eigenvalue weighted by Gasteiger charge is 2.35. The van der Waals surface area contributed by atoms with Crippen LogP contribution in [0.3, 0.4) is 0 Å². The van der Waals surface area contributed by atoms with Crippen molar-refractivity contribution in [3.8, 4) is 0 Å². The zero-order valence-corrected chi connectivity index (χ0v) is 12.6. The molecular weight excluding hydrogens is 273 g/mol. The second-order valence-electron chi connectivity index (χ2n) is 5.84. The SMILES string of the molecule is Fc1cccc(C2(CN[C@H]3CCSC3)CCOCC2)c1. The molecule has 2 nitrogen and oxygen atoms in total. The lowest BCUT2D eigenvalue weighted by Gasteiger charge is -2.39. The van der Waals surface area contributed by atoms with Gasteiger partial charge in [-0.05, 0) is 42.7 Å². The average Bonchev–Trinajstić information content (AvgIpc) is 3.00. The molecule has 2 aliphatic rings. The Morgan fingerprint density at radius 2 is 2.20 bits per heavy atom. The Kier molecular flexibility index (Phi) is 4.64. The largest absolute Gasteiger partial charge is 0.381 e. The van der Waals surface area contributed by atoms with E-state index in [9.17, 15) is 4.39 Å². The maximum atomic E-state index is 13.6. The van der Waals surface area contributed by atoms with Gasteiger partial charge in [0.2, 0.25) is 0 Å². The first-order valence-corrected chi connectivity index (χ1v) is 8.59. The molecule has 3 rings (SSSR count). The first-order chi connectivity index (χ1) is 9.78. The van der Waals surface area contributed by atoms with Gasteiger partial charge in [0.05, 0.1) is 0 Å². The predicted molar refractivity (Wildman–Crippen MR) is 81.9 cm³/mol. The highest BCUT2D eigenvalue weighted by Crippen LogP contribution is 2.35. The van der Waals surface area contributed by atoms with Crippen molar-refractivity contribution < 1.29 is 9.13 Å². The first-order valence-electron chi connectivity index (χ1n) is 7.43. The molecule has 0 unspecified atom stereocenters. The molecule has 20 heavy (non-hydrogen) atoms. The number of rotatable bonds is 4. The molecule has 0 radical (unpaired) electrons. The van der Waals surface area contributed by atoms with Gasteiger partial charge in [0.1, 0.15) is 5.82 Å². The van der Waals surface area contributed by atoms with Crippen molar-refractivity contribution >= 4 is 11.8 Å². The van der Waals surface area contributed by atoms with Crippen LogP contribution in [0.25, 0.3) is 0 Å².